The zero-order chi connectivity index (χ0) is 24.5. The predicted octanol–water partition coefficient (Wildman–Crippen LogP) is 5.13. The molecule has 7 nitrogen and oxygen atoms in total. The van der Waals surface area contributed by atoms with E-state index in [2.05, 4.69) is 25.4 Å². The molecule has 0 radical (unpaired) electrons. The van der Waals surface area contributed by atoms with Crippen molar-refractivity contribution >= 4 is 28.1 Å². The number of benzene rings is 1. The van der Waals surface area contributed by atoms with Gasteiger partial charge in [0.05, 0.1) is 18.2 Å². The number of nitrogens with one attached hydrogen (secondary N) is 1. The van der Waals surface area contributed by atoms with Gasteiger partial charge in [-0.2, -0.15) is 18.3 Å². The first-order valence-electron chi connectivity index (χ1n) is 10.4. The number of carbonyl (C=O) groups excluding carboxylic acids is 1. The van der Waals surface area contributed by atoms with Crippen LogP contribution in [-0.2, 0) is 12.7 Å². The molecule has 1 N–H and O–H groups in total. The first-order valence-corrected chi connectivity index (χ1v) is 11.2. The Morgan fingerprint density at radius 2 is 1.91 bits per heavy atom. The summed E-state index contributed by atoms with van der Waals surface area (Å²) in [5.74, 6) is -1.69. The summed E-state index contributed by atoms with van der Waals surface area (Å²) in [7, 11) is 0. The molecule has 4 rings (SSSR count). The molecule has 0 aliphatic carbocycles. The number of thiazole rings is 1. The van der Waals surface area contributed by atoms with Crippen LogP contribution in [0.4, 0.5) is 17.6 Å². The number of amides is 1. The minimum Gasteiger partial charge on any atom is -0.345 e. The van der Waals surface area contributed by atoms with Gasteiger partial charge in [-0.25, -0.2) is 15.0 Å². The Morgan fingerprint density at radius 3 is 2.53 bits per heavy atom. The summed E-state index contributed by atoms with van der Waals surface area (Å²) >= 11 is 1.47. The predicted molar refractivity (Wildman–Crippen MR) is 119 cm³/mol. The summed E-state index contributed by atoms with van der Waals surface area (Å²) in [6.45, 7) is 3.48. The first kappa shape index (κ1) is 23.7. The van der Waals surface area contributed by atoms with Crippen molar-refractivity contribution in [2.24, 2.45) is 0 Å². The van der Waals surface area contributed by atoms with E-state index in [9.17, 15) is 22.4 Å². The van der Waals surface area contributed by atoms with Gasteiger partial charge in [-0.1, -0.05) is 0 Å². The fourth-order valence-corrected chi connectivity index (χ4v) is 4.16. The standard InChI is InChI=1S/C22H20F4N6OS/c1-12-8-27-20(34-12)16-6-14(7-18-17(16)11-32(31-18)5-3-4-23)19(33)30-13(2)15-9-28-21(29-10-15)22(24,25)26/h6-11,13H,3-5H2,1-2H3,(H,30,33). The number of hydrogen-bond donors (Lipinski definition) is 1. The van der Waals surface area contributed by atoms with Gasteiger partial charge >= 0.3 is 6.18 Å². The number of nitrogens with zero attached hydrogens (tertiary/aromatic N) is 5. The molecule has 3 heterocycles. The number of aryl methyl sites for hydroxylation is 2. The second-order valence-electron chi connectivity index (χ2n) is 7.70. The van der Waals surface area contributed by atoms with E-state index in [0.717, 1.165) is 28.2 Å². The third-order valence-corrected chi connectivity index (χ3v) is 6.03. The zero-order valence-electron chi connectivity index (χ0n) is 18.2. The van der Waals surface area contributed by atoms with Gasteiger partial charge in [0.1, 0.15) is 5.01 Å². The normalized spacial score (nSPS) is 12.8. The topological polar surface area (TPSA) is 85.6 Å². The van der Waals surface area contributed by atoms with Crippen LogP contribution < -0.4 is 5.32 Å². The Hall–Kier alpha value is -3.41. The largest absolute Gasteiger partial charge is 0.451 e. The quantitative estimate of drug-likeness (QED) is 0.362. The molecule has 0 saturated carbocycles. The van der Waals surface area contributed by atoms with Crippen molar-refractivity contribution in [1.29, 1.82) is 0 Å². The lowest BCUT2D eigenvalue weighted by molar-refractivity contribution is -0.145. The first-order chi connectivity index (χ1) is 16.2. The molecule has 0 aliphatic heterocycles. The summed E-state index contributed by atoms with van der Waals surface area (Å²) < 4.78 is 52.4. The molecule has 12 heteroatoms. The average molecular weight is 493 g/mol. The number of hydrogen-bond acceptors (Lipinski definition) is 6. The number of halogens is 4. The molecule has 178 valence electrons. The van der Waals surface area contributed by atoms with Crippen LogP contribution in [0.3, 0.4) is 0 Å². The van der Waals surface area contributed by atoms with Crippen LogP contribution in [0.1, 0.15) is 46.0 Å². The number of rotatable bonds is 7. The molecule has 0 spiro atoms. The van der Waals surface area contributed by atoms with E-state index in [-0.39, 0.29) is 0 Å². The summed E-state index contributed by atoms with van der Waals surface area (Å²) in [5.41, 5.74) is 1.91. The summed E-state index contributed by atoms with van der Waals surface area (Å²) in [5, 5.41) is 8.74. The molecule has 1 atom stereocenters. The van der Waals surface area contributed by atoms with Crippen molar-refractivity contribution in [2.75, 3.05) is 6.67 Å². The molecule has 0 saturated heterocycles. The Bertz CT molecular complexity index is 1320. The van der Waals surface area contributed by atoms with Crippen molar-refractivity contribution in [3.63, 3.8) is 0 Å². The molecule has 34 heavy (non-hydrogen) atoms. The Balaban J connectivity index is 1.64. The molecule has 1 aromatic carbocycles. The molecule has 0 fully saturated rings. The monoisotopic (exact) mass is 492 g/mol. The zero-order valence-corrected chi connectivity index (χ0v) is 19.0. The van der Waals surface area contributed by atoms with Crippen LogP contribution in [-0.4, -0.2) is 37.3 Å². The number of carbonyl (C=O) groups is 1. The molecule has 4 aromatic rings. The van der Waals surface area contributed by atoms with Crippen molar-refractivity contribution < 1.29 is 22.4 Å². The lowest BCUT2D eigenvalue weighted by atomic mass is 10.1. The number of aromatic nitrogens is 5. The van der Waals surface area contributed by atoms with Crippen LogP contribution in [0, 0.1) is 6.92 Å². The molecule has 0 aliphatic rings. The Morgan fingerprint density at radius 1 is 1.18 bits per heavy atom. The molecule has 1 unspecified atom stereocenters. The summed E-state index contributed by atoms with van der Waals surface area (Å²) in [6, 6.07) is 2.68. The van der Waals surface area contributed by atoms with E-state index >= 15 is 0 Å². The highest BCUT2D eigenvalue weighted by molar-refractivity contribution is 7.15. The summed E-state index contributed by atoms with van der Waals surface area (Å²) in [4.78, 5) is 25.1. The third-order valence-electron chi connectivity index (χ3n) is 5.08. The smallest absolute Gasteiger partial charge is 0.345 e. The minimum absolute atomic E-state index is 0.311. The maximum absolute atomic E-state index is 13.0. The molecule has 0 bridgehead atoms. The van der Waals surface area contributed by atoms with E-state index in [1.807, 2.05) is 6.92 Å². The van der Waals surface area contributed by atoms with E-state index < -0.39 is 30.6 Å². The number of alkyl halides is 4. The van der Waals surface area contributed by atoms with E-state index in [1.165, 1.54) is 11.3 Å². The number of fused-ring (bicyclic) bond motifs is 1. The fraction of sp³-hybridized carbons (Fsp3) is 0.318. The van der Waals surface area contributed by atoms with Crippen LogP contribution >= 0.6 is 11.3 Å². The van der Waals surface area contributed by atoms with E-state index in [4.69, 9.17) is 0 Å². The minimum atomic E-state index is -4.64. The third kappa shape index (κ3) is 5.06. The van der Waals surface area contributed by atoms with Gasteiger partial charge < -0.3 is 5.32 Å². The van der Waals surface area contributed by atoms with Gasteiger partial charge in [-0.15, -0.1) is 11.3 Å². The molecular weight excluding hydrogens is 472 g/mol. The SMILES string of the molecule is Cc1cnc(-c2cc(C(=O)NC(C)c3cnc(C(F)(F)F)nc3)cc3nn(CCCF)cc23)s1. The Kier molecular flexibility index (Phi) is 6.60. The van der Waals surface area contributed by atoms with Crippen molar-refractivity contribution in [3.05, 3.63) is 58.7 Å². The van der Waals surface area contributed by atoms with Crippen LogP contribution in [0.5, 0.6) is 0 Å². The van der Waals surface area contributed by atoms with Crippen LogP contribution in [0.15, 0.2) is 36.9 Å². The van der Waals surface area contributed by atoms with Crippen LogP contribution in [0.2, 0.25) is 0 Å². The average Bonchev–Trinajstić information content (AvgIpc) is 3.42. The molecule has 1 amide bonds. The van der Waals surface area contributed by atoms with Crippen molar-refractivity contribution in [3.8, 4) is 10.6 Å². The second-order valence-corrected chi connectivity index (χ2v) is 8.94. The van der Waals surface area contributed by atoms with E-state index in [0.29, 0.717) is 34.6 Å². The highest BCUT2D eigenvalue weighted by atomic mass is 32.1. The second kappa shape index (κ2) is 9.45. The van der Waals surface area contributed by atoms with E-state index in [1.54, 1.807) is 36.1 Å². The fourth-order valence-electron chi connectivity index (χ4n) is 3.37. The lowest BCUT2D eigenvalue weighted by Gasteiger charge is -2.15. The highest BCUT2D eigenvalue weighted by Gasteiger charge is 2.34. The van der Waals surface area contributed by atoms with Gasteiger partial charge in [-0.05, 0) is 32.4 Å². The lowest BCUT2D eigenvalue weighted by Crippen LogP contribution is -2.27. The van der Waals surface area contributed by atoms with Gasteiger partial charge in [-0.3, -0.25) is 13.9 Å². The molecule has 3 aromatic heterocycles. The summed E-state index contributed by atoms with van der Waals surface area (Å²) in [6.07, 6.45) is 1.30. The maximum atomic E-state index is 13.0. The van der Waals surface area contributed by atoms with Gasteiger partial charge in [0.25, 0.3) is 5.91 Å². The van der Waals surface area contributed by atoms with Gasteiger partial charge in [0.2, 0.25) is 5.82 Å². The molecular formula is C22H20F4N6OS. The van der Waals surface area contributed by atoms with Crippen LogP contribution in [0.25, 0.3) is 21.5 Å². The van der Waals surface area contributed by atoms with Gasteiger partial charge in [0.15, 0.2) is 0 Å². The van der Waals surface area contributed by atoms with Gasteiger partial charge in [0, 0.05) is 58.3 Å². The van der Waals surface area contributed by atoms with Crippen molar-refractivity contribution in [1.82, 2.24) is 30.0 Å². The maximum Gasteiger partial charge on any atom is 0.451 e. The Labute approximate surface area is 195 Å². The highest BCUT2D eigenvalue weighted by Crippen LogP contribution is 2.33. The van der Waals surface area contributed by atoms with Crippen molar-refractivity contribution in [2.45, 2.75) is 39.0 Å².